The normalized spacial score (nSPS) is 11.1. The third-order valence-corrected chi connectivity index (χ3v) is 3.17. The van der Waals surface area contributed by atoms with Gasteiger partial charge in [-0.25, -0.2) is 0 Å². The van der Waals surface area contributed by atoms with Gasteiger partial charge in [0.15, 0.2) is 0 Å². The fourth-order valence-electron chi connectivity index (χ4n) is 2.01. The molecule has 0 heterocycles. The zero-order chi connectivity index (χ0) is 12.6. The second kappa shape index (κ2) is 15.5. The predicted octanol–water partition coefficient (Wildman–Crippen LogP) is 6.43. The van der Waals surface area contributed by atoms with Crippen LogP contribution in [0.15, 0.2) is 24.8 Å². The van der Waals surface area contributed by atoms with E-state index in [1.807, 2.05) is 6.08 Å². The van der Waals surface area contributed by atoms with Crippen LogP contribution in [-0.2, 0) is 0 Å². The minimum Gasteiger partial charge on any atom is -0.103 e. The average Bonchev–Trinajstić information content (AvgIpc) is 2.35. The molecule has 0 saturated carbocycles. The van der Waals surface area contributed by atoms with Gasteiger partial charge in [0.25, 0.3) is 0 Å². The molecule has 0 bridgehead atoms. The molecule has 0 unspecified atom stereocenters. The first-order chi connectivity index (χ1) is 8.41. The van der Waals surface area contributed by atoms with E-state index < -0.39 is 0 Å². The molecule has 0 aromatic carbocycles. The molecular weight excluding hydrogens is 204 g/mol. The largest absolute Gasteiger partial charge is 0.103 e. The summed E-state index contributed by atoms with van der Waals surface area (Å²) in [4.78, 5) is 0. The minimum atomic E-state index is 1.19. The number of unbranched alkanes of at least 4 members (excludes halogenated alkanes) is 10. The van der Waals surface area contributed by atoms with Gasteiger partial charge in [0.05, 0.1) is 0 Å². The minimum absolute atomic E-state index is 1.19. The quantitative estimate of drug-likeness (QED) is 0.255. The first kappa shape index (κ1) is 16.5. The molecular formula is C17H32. The van der Waals surface area contributed by atoms with Gasteiger partial charge >= 0.3 is 0 Å². The van der Waals surface area contributed by atoms with E-state index in [-0.39, 0.29) is 0 Å². The average molecular weight is 236 g/mol. The van der Waals surface area contributed by atoms with E-state index in [1.54, 1.807) is 0 Å². The number of rotatable bonds is 13. The summed E-state index contributed by atoms with van der Waals surface area (Å²) in [6.45, 7) is 6.01. The third-order valence-electron chi connectivity index (χ3n) is 3.17. The molecule has 0 nitrogen and oxygen atoms in total. The Morgan fingerprint density at radius 3 is 1.65 bits per heavy atom. The smallest absolute Gasteiger partial charge is 0.0351 e. The summed E-state index contributed by atoms with van der Waals surface area (Å²) in [7, 11) is 0. The third kappa shape index (κ3) is 15.5. The van der Waals surface area contributed by atoms with Crippen LogP contribution >= 0.6 is 0 Å². The molecule has 0 N–H and O–H groups in total. The Balaban J connectivity index is 2.99. The summed E-state index contributed by atoms with van der Waals surface area (Å²) < 4.78 is 0. The van der Waals surface area contributed by atoms with Crippen LogP contribution in [0.1, 0.15) is 84.0 Å². The summed E-state index contributed by atoms with van der Waals surface area (Å²) >= 11 is 0. The summed E-state index contributed by atoms with van der Waals surface area (Å²) in [5.74, 6) is 0. The highest BCUT2D eigenvalue weighted by Gasteiger charge is 1.89. The SMILES string of the molecule is C=CCCCCCCCC/C=C/CCCCC. The second-order valence-corrected chi connectivity index (χ2v) is 4.95. The summed E-state index contributed by atoms with van der Waals surface area (Å²) in [6, 6.07) is 0. The van der Waals surface area contributed by atoms with Crippen molar-refractivity contribution in [1.29, 1.82) is 0 Å². The molecule has 0 fully saturated rings. The summed E-state index contributed by atoms with van der Waals surface area (Å²) in [5, 5.41) is 0. The number of hydrogen-bond donors (Lipinski definition) is 0. The van der Waals surface area contributed by atoms with Crippen molar-refractivity contribution in [2.75, 3.05) is 0 Å². The van der Waals surface area contributed by atoms with Gasteiger partial charge in [0, 0.05) is 0 Å². The number of hydrogen-bond acceptors (Lipinski definition) is 0. The lowest BCUT2D eigenvalue weighted by Crippen LogP contribution is -1.79. The molecule has 0 spiro atoms. The van der Waals surface area contributed by atoms with Crippen LogP contribution in [0, 0.1) is 0 Å². The molecule has 0 aliphatic rings. The molecule has 0 atom stereocenters. The molecule has 0 aromatic heterocycles. The van der Waals surface area contributed by atoms with E-state index in [9.17, 15) is 0 Å². The fourth-order valence-corrected chi connectivity index (χ4v) is 2.01. The zero-order valence-corrected chi connectivity index (χ0v) is 11.9. The van der Waals surface area contributed by atoms with Crippen LogP contribution in [0.5, 0.6) is 0 Å². The van der Waals surface area contributed by atoms with E-state index >= 15 is 0 Å². The van der Waals surface area contributed by atoms with Crippen molar-refractivity contribution < 1.29 is 0 Å². The lowest BCUT2D eigenvalue weighted by atomic mass is 10.1. The van der Waals surface area contributed by atoms with E-state index in [0.29, 0.717) is 0 Å². The van der Waals surface area contributed by atoms with Gasteiger partial charge in [-0.15, -0.1) is 6.58 Å². The maximum atomic E-state index is 3.75. The Morgan fingerprint density at radius 2 is 1.12 bits per heavy atom. The lowest BCUT2D eigenvalue weighted by Gasteiger charge is -1.99. The molecule has 0 aliphatic carbocycles. The summed E-state index contributed by atoms with van der Waals surface area (Å²) in [6.07, 6.45) is 23.0. The van der Waals surface area contributed by atoms with Gasteiger partial charge in [-0.1, -0.05) is 63.7 Å². The van der Waals surface area contributed by atoms with E-state index in [1.165, 1.54) is 77.0 Å². The predicted molar refractivity (Wildman–Crippen MR) is 80.4 cm³/mol. The van der Waals surface area contributed by atoms with Crippen molar-refractivity contribution in [3.63, 3.8) is 0 Å². The Hall–Kier alpha value is -0.520. The fraction of sp³-hybridized carbons (Fsp3) is 0.765. The lowest BCUT2D eigenvalue weighted by molar-refractivity contribution is 0.600. The van der Waals surface area contributed by atoms with Crippen molar-refractivity contribution in [3.8, 4) is 0 Å². The van der Waals surface area contributed by atoms with Crippen molar-refractivity contribution >= 4 is 0 Å². The Labute approximate surface area is 109 Å². The zero-order valence-electron chi connectivity index (χ0n) is 11.9. The molecule has 17 heavy (non-hydrogen) atoms. The highest BCUT2D eigenvalue weighted by molar-refractivity contribution is 4.81. The van der Waals surface area contributed by atoms with Crippen molar-refractivity contribution in [2.45, 2.75) is 84.0 Å². The van der Waals surface area contributed by atoms with Crippen LogP contribution in [0.2, 0.25) is 0 Å². The highest BCUT2D eigenvalue weighted by atomic mass is 14.0. The Kier molecular flexibility index (Phi) is 15.0. The molecule has 0 heteroatoms. The molecule has 0 amide bonds. The topological polar surface area (TPSA) is 0 Å². The van der Waals surface area contributed by atoms with Crippen molar-refractivity contribution in [3.05, 3.63) is 24.8 Å². The molecule has 100 valence electrons. The van der Waals surface area contributed by atoms with E-state index in [2.05, 4.69) is 25.7 Å². The van der Waals surface area contributed by atoms with Crippen LogP contribution in [0.4, 0.5) is 0 Å². The van der Waals surface area contributed by atoms with Crippen LogP contribution < -0.4 is 0 Å². The van der Waals surface area contributed by atoms with Crippen molar-refractivity contribution in [2.24, 2.45) is 0 Å². The Bertz CT molecular complexity index is 167. The molecule has 0 saturated heterocycles. The van der Waals surface area contributed by atoms with Gasteiger partial charge in [-0.2, -0.15) is 0 Å². The molecule has 0 aliphatic heterocycles. The molecule has 0 aromatic rings. The van der Waals surface area contributed by atoms with E-state index in [4.69, 9.17) is 0 Å². The van der Waals surface area contributed by atoms with Gasteiger partial charge in [0.2, 0.25) is 0 Å². The van der Waals surface area contributed by atoms with Gasteiger partial charge < -0.3 is 0 Å². The molecule has 0 radical (unpaired) electrons. The van der Waals surface area contributed by atoms with E-state index in [0.717, 1.165) is 0 Å². The van der Waals surface area contributed by atoms with Crippen LogP contribution in [0.25, 0.3) is 0 Å². The second-order valence-electron chi connectivity index (χ2n) is 4.95. The number of allylic oxidation sites excluding steroid dienone is 3. The van der Waals surface area contributed by atoms with Crippen LogP contribution in [0.3, 0.4) is 0 Å². The maximum Gasteiger partial charge on any atom is -0.0351 e. The van der Waals surface area contributed by atoms with Gasteiger partial charge in [0.1, 0.15) is 0 Å². The first-order valence-electron chi connectivity index (χ1n) is 7.67. The van der Waals surface area contributed by atoms with Gasteiger partial charge in [-0.05, 0) is 38.5 Å². The van der Waals surface area contributed by atoms with Gasteiger partial charge in [-0.3, -0.25) is 0 Å². The van der Waals surface area contributed by atoms with Crippen molar-refractivity contribution in [1.82, 2.24) is 0 Å². The summed E-state index contributed by atoms with van der Waals surface area (Å²) in [5.41, 5.74) is 0. The highest BCUT2D eigenvalue weighted by Crippen LogP contribution is 2.09. The standard InChI is InChI=1S/C17H32/c1-3-5-7-9-11-13-15-17-16-14-12-10-8-6-4-2/h3,12,14H,1,4-11,13,15-17H2,2H3/b14-12+. The maximum absolute atomic E-state index is 3.75. The Morgan fingerprint density at radius 1 is 0.647 bits per heavy atom. The first-order valence-corrected chi connectivity index (χ1v) is 7.67. The molecule has 0 rings (SSSR count). The van der Waals surface area contributed by atoms with Crippen LogP contribution in [-0.4, -0.2) is 0 Å². The monoisotopic (exact) mass is 236 g/mol.